The number of carbonyl (C=O) groups excluding carboxylic acids is 1. The van der Waals surface area contributed by atoms with Crippen LogP contribution in [0.1, 0.15) is 1.43 Å². The third kappa shape index (κ3) is 3.58. The predicted octanol–water partition coefficient (Wildman–Crippen LogP) is 2.44. The number of hydrogen-bond donors (Lipinski definition) is 2. The minimum absolute atomic E-state index is 0. The van der Waals surface area contributed by atoms with Gasteiger partial charge in [0.05, 0.1) is 11.4 Å². The van der Waals surface area contributed by atoms with E-state index in [1.165, 1.54) is 6.08 Å². The van der Waals surface area contributed by atoms with Gasteiger partial charge in [-0.15, -0.1) is 13.2 Å². The number of rotatable bonds is 2. The molecule has 3 heteroatoms. The smallest absolute Gasteiger partial charge is 0.247 e. The highest BCUT2D eigenvalue weighted by Gasteiger charge is 1.98. The molecule has 0 spiro atoms. The summed E-state index contributed by atoms with van der Waals surface area (Å²) in [5, 5.41) is 2.58. The van der Waals surface area contributed by atoms with Crippen LogP contribution in [0.25, 0.3) is 0 Å². The minimum atomic E-state index is -0.257. The number of nitrogens with two attached hydrogens (primary N) is 1. The molecule has 0 aliphatic carbocycles. The van der Waals surface area contributed by atoms with Crippen LogP contribution < -0.4 is 11.1 Å². The molecule has 0 bridgehead atoms. The van der Waals surface area contributed by atoms with Crippen LogP contribution >= 0.6 is 0 Å². The van der Waals surface area contributed by atoms with Crippen molar-refractivity contribution < 1.29 is 6.22 Å². The average Bonchev–Trinajstić information content (AvgIpc) is 2.24. The van der Waals surface area contributed by atoms with E-state index >= 15 is 0 Å². The Morgan fingerprint density at radius 1 is 1.43 bits per heavy atom. The lowest BCUT2D eigenvalue weighted by atomic mass is 10.2. The first kappa shape index (κ1) is 12.0. The van der Waals surface area contributed by atoms with Crippen LogP contribution in [0.15, 0.2) is 50.1 Å². The summed E-state index contributed by atoms with van der Waals surface area (Å²) in [6.45, 7) is 9.33. The normalized spacial score (nSPS) is 8.00. The Balaban J connectivity index is 0. The SMILES string of the molecule is C=C.C=CC(=O)Nc1ccccc1N.[HH]. The molecule has 1 amide bonds. The van der Waals surface area contributed by atoms with Gasteiger partial charge in [0, 0.05) is 1.43 Å². The van der Waals surface area contributed by atoms with Gasteiger partial charge in [-0.25, -0.2) is 0 Å². The molecular weight excluding hydrogens is 176 g/mol. The van der Waals surface area contributed by atoms with Crippen LogP contribution in [-0.2, 0) is 4.79 Å². The second-order valence-corrected chi connectivity index (χ2v) is 2.28. The Bertz CT molecular complexity index is 326. The fraction of sp³-hybridized carbons (Fsp3) is 0. The topological polar surface area (TPSA) is 55.1 Å². The first-order valence-corrected chi connectivity index (χ1v) is 4.02. The molecule has 76 valence electrons. The van der Waals surface area contributed by atoms with Crippen LogP contribution in [0.3, 0.4) is 0 Å². The van der Waals surface area contributed by atoms with Crippen molar-refractivity contribution in [2.45, 2.75) is 0 Å². The summed E-state index contributed by atoms with van der Waals surface area (Å²) in [6.07, 6.45) is 1.20. The summed E-state index contributed by atoms with van der Waals surface area (Å²) >= 11 is 0. The lowest BCUT2D eigenvalue weighted by Crippen LogP contribution is -2.08. The van der Waals surface area contributed by atoms with E-state index in [4.69, 9.17) is 5.73 Å². The maximum atomic E-state index is 10.8. The van der Waals surface area contributed by atoms with Gasteiger partial charge in [-0.3, -0.25) is 4.79 Å². The second kappa shape index (κ2) is 6.48. The van der Waals surface area contributed by atoms with E-state index in [1.54, 1.807) is 24.3 Å². The first-order chi connectivity index (χ1) is 6.74. The van der Waals surface area contributed by atoms with E-state index in [2.05, 4.69) is 25.1 Å². The summed E-state index contributed by atoms with van der Waals surface area (Å²) in [5.74, 6) is -0.257. The monoisotopic (exact) mass is 192 g/mol. The molecule has 14 heavy (non-hydrogen) atoms. The summed E-state index contributed by atoms with van der Waals surface area (Å²) in [7, 11) is 0. The number of nitrogen functional groups attached to an aromatic ring is 1. The zero-order chi connectivity index (χ0) is 11.0. The van der Waals surface area contributed by atoms with Gasteiger partial charge in [-0.05, 0) is 18.2 Å². The number of nitrogens with one attached hydrogen (secondary N) is 1. The van der Waals surface area contributed by atoms with Crippen molar-refractivity contribution in [2.75, 3.05) is 11.1 Å². The highest BCUT2D eigenvalue weighted by Crippen LogP contribution is 2.16. The molecule has 0 aliphatic heterocycles. The van der Waals surface area contributed by atoms with Crippen molar-refractivity contribution in [1.29, 1.82) is 0 Å². The number of carbonyl (C=O) groups is 1. The van der Waals surface area contributed by atoms with Gasteiger partial charge in [0.15, 0.2) is 0 Å². The third-order valence-corrected chi connectivity index (χ3v) is 1.40. The molecular formula is C11H16N2O. The van der Waals surface area contributed by atoms with Crippen LogP contribution in [0.4, 0.5) is 11.4 Å². The largest absolute Gasteiger partial charge is 0.397 e. The molecule has 3 nitrogen and oxygen atoms in total. The van der Waals surface area contributed by atoms with Crippen LogP contribution in [0.5, 0.6) is 0 Å². The molecule has 3 N–H and O–H groups in total. The van der Waals surface area contributed by atoms with Gasteiger partial charge in [-0.2, -0.15) is 0 Å². The molecule has 0 saturated carbocycles. The Hall–Kier alpha value is -2.03. The Morgan fingerprint density at radius 2 is 2.00 bits per heavy atom. The van der Waals surface area contributed by atoms with Gasteiger partial charge in [0.1, 0.15) is 0 Å². The van der Waals surface area contributed by atoms with E-state index in [0.717, 1.165) is 0 Å². The molecule has 1 aromatic rings. The minimum Gasteiger partial charge on any atom is -0.397 e. The predicted molar refractivity (Wildman–Crippen MR) is 63.0 cm³/mol. The molecule has 0 aromatic heterocycles. The summed E-state index contributed by atoms with van der Waals surface area (Å²) < 4.78 is 0. The van der Waals surface area contributed by atoms with E-state index in [9.17, 15) is 4.79 Å². The van der Waals surface area contributed by atoms with Gasteiger partial charge in [-0.1, -0.05) is 18.7 Å². The first-order valence-electron chi connectivity index (χ1n) is 4.02. The number of benzene rings is 1. The van der Waals surface area contributed by atoms with Crippen LogP contribution in [0.2, 0.25) is 0 Å². The maximum Gasteiger partial charge on any atom is 0.247 e. The molecule has 0 heterocycles. The summed E-state index contributed by atoms with van der Waals surface area (Å²) in [6, 6.07) is 7.06. The molecule has 1 aromatic carbocycles. The van der Waals surface area contributed by atoms with Gasteiger partial charge < -0.3 is 11.1 Å². The van der Waals surface area contributed by atoms with Gasteiger partial charge in [0.25, 0.3) is 0 Å². The zero-order valence-electron chi connectivity index (χ0n) is 7.99. The molecule has 0 atom stereocenters. The van der Waals surface area contributed by atoms with Crippen molar-refractivity contribution in [3.8, 4) is 0 Å². The highest BCUT2D eigenvalue weighted by molar-refractivity contribution is 6.00. The number of hydrogen-bond acceptors (Lipinski definition) is 2. The molecule has 0 radical (unpaired) electrons. The molecule has 0 saturated heterocycles. The molecule has 1 rings (SSSR count). The zero-order valence-corrected chi connectivity index (χ0v) is 7.99. The average molecular weight is 192 g/mol. The van der Waals surface area contributed by atoms with Crippen molar-refractivity contribution in [2.24, 2.45) is 0 Å². The van der Waals surface area contributed by atoms with E-state index in [1.807, 2.05) is 0 Å². The quantitative estimate of drug-likeness (QED) is 0.429. The number of amides is 1. The van der Waals surface area contributed by atoms with E-state index in [0.29, 0.717) is 11.4 Å². The Kier molecular flexibility index (Phi) is 5.54. The standard InChI is InChI=1S/C9H10N2O.C2H4.H2/c1-2-9(12)11-8-6-4-3-5-7(8)10;1-2;/h2-6H,1,10H2,(H,11,12);1-2H2;1H. The lowest BCUT2D eigenvalue weighted by molar-refractivity contribution is -0.111. The van der Waals surface area contributed by atoms with Gasteiger partial charge in [0.2, 0.25) is 5.91 Å². The van der Waals surface area contributed by atoms with E-state index in [-0.39, 0.29) is 7.33 Å². The maximum absolute atomic E-state index is 10.8. The number of para-hydroxylation sites is 2. The number of anilines is 2. The molecule has 0 unspecified atom stereocenters. The lowest BCUT2D eigenvalue weighted by Gasteiger charge is -2.04. The second-order valence-electron chi connectivity index (χ2n) is 2.28. The van der Waals surface area contributed by atoms with Crippen molar-refractivity contribution >= 4 is 17.3 Å². The Labute approximate surface area is 85.4 Å². The summed E-state index contributed by atoms with van der Waals surface area (Å²) in [4.78, 5) is 10.8. The summed E-state index contributed by atoms with van der Waals surface area (Å²) in [5.41, 5.74) is 6.74. The van der Waals surface area contributed by atoms with Gasteiger partial charge >= 0.3 is 0 Å². The highest BCUT2D eigenvalue weighted by atomic mass is 16.1. The molecule has 0 aliphatic rings. The van der Waals surface area contributed by atoms with Crippen molar-refractivity contribution in [3.05, 3.63) is 50.1 Å². The fourth-order valence-corrected chi connectivity index (χ4v) is 0.795. The third-order valence-electron chi connectivity index (χ3n) is 1.40. The fourth-order valence-electron chi connectivity index (χ4n) is 0.795. The van der Waals surface area contributed by atoms with Crippen LogP contribution in [0, 0.1) is 0 Å². The van der Waals surface area contributed by atoms with Crippen molar-refractivity contribution in [3.63, 3.8) is 0 Å². The van der Waals surface area contributed by atoms with Crippen LogP contribution in [-0.4, -0.2) is 5.91 Å². The Morgan fingerprint density at radius 3 is 2.50 bits per heavy atom. The molecule has 0 fully saturated rings. The van der Waals surface area contributed by atoms with E-state index < -0.39 is 0 Å². The van der Waals surface area contributed by atoms with Crippen molar-refractivity contribution in [1.82, 2.24) is 0 Å².